The van der Waals surface area contributed by atoms with Gasteiger partial charge in [-0.2, -0.15) is 0 Å². The molecule has 3 aromatic carbocycles. The van der Waals surface area contributed by atoms with Gasteiger partial charge in [-0.25, -0.2) is 8.42 Å². The third-order valence-electron chi connectivity index (χ3n) is 6.51. The number of rotatable bonds is 13. The number of carbonyl (C=O) groups is 2. The third-order valence-corrected chi connectivity index (χ3v) is 8.39. The molecule has 11 heteroatoms. The Kier molecular flexibility index (Phi) is 11.5. The zero-order chi connectivity index (χ0) is 30.2. The van der Waals surface area contributed by atoms with Crippen molar-refractivity contribution >= 4 is 50.7 Å². The molecule has 2 amide bonds. The summed E-state index contributed by atoms with van der Waals surface area (Å²) in [5.74, 6) is 0.282. The van der Waals surface area contributed by atoms with Crippen molar-refractivity contribution < 1.29 is 22.7 Å². The van der Waals surface area contributed by atoms with Gasteiger partial charge in [-0.15, -0.1) is 0 Å². The Hall–Kier alpha value is -3.27. The van der Waals surface area contributed by atoms with Gasteiger partial charge in [0.25, 0.3) is 0 Å². The van der Waals surface area contributed by atoms with E-state index in [0.29, 0.717) is 33.5 Å². The van der Waals surface area contributed by atoms with Crippen molar-refractivity contribution in [1.82, 2.24) is 10.2 Å². The lowest BCUT2D eigenvalue weighted by Crippen LogP contribution is -2.53. The van der Waals surface area contributed by atoms with Gasteiger partial charge in [0.05, 0.1) is 22.0 Å². The van der Waals surface area contributed by atoms with Gasteiger partial charge in [0.2, 0.25) is 21.8 Å². The molecule has 0 saturated carbocycles. The van der Waals surface area contributed by atoms with Crippen molar-refractivity contribution in [3.8, 4) is 11.5 Å². The van der Waals surface area contributed by atoms with Crippen LogP contribution in [0.5, 0.6) is 11.5 Å². The minimum Gasteiger partial charge on any atom is -0.457 e. The number of hydrogen-bond donors (Lipinski definition) is 1. The Morgan fingerprint density at radius 1 is 0.902 bits per heavy atom. The first-order valence-corrected chi connectivity index (χ1v) is 15.9. The molecule has 8 nitrogen and oxygen atoms in total. The number of sulfonamides is 1. The highest BCUT2D eigenvalue weighted by atomic mass is 35.5. The summed E-state index contributed by atoms with van der Waals surface area (Å²) in [4.78, 5) is 28.5. The zero-order valence-electron chi connectivity index (χ0n) is 23.5. The summed E-state index contributed by atoms with van der Waals surface area (Å²) in [7, 11) is -3.87. The number of carbonyl (C=O) groups excluding carboxylic acids is 2. The van der Waals surface area contributed by atoms with Crippen molar-refractivity contribution in [2.45, 2.75) is 52.2 Å². The summed E-state index contributed by atoms with van der Waals surface area (Å²) in [6.45, 7) is 5.16. The summed E-state index contributed by atoms with van der Waals surface area (Å²) < 4.78 is 32.6. The van der Waals surface area contributed by atoms with Crippen LogP contribution in [0.15, 0.2) is 72.8 Å². The molecule has 0 saturated heterocycles. The van der Waals surface area contributed by atoms with E-state index >= 15 is 0 Å². The predicted octanol–water partition coefficient (Wildman–Crippen LogP) is 6.27. The lowest BCUT2D eigenvalue weighted by atomic mass is 10.1. The molecule has 0 heterocycles. The van der Waals surface area contributed by atoms with Gasteiger partial charge < -0.3 is 15.0 Å². The van der Waals surface area contributed by atoms with Gasteiger partial charge in [0.15, 0.2) is 0 Å². The van der Waals surface area contributed by atoms with E-state index in [1.165, 1.54) is 4.90 Å². The molecule has 220 valence electrons. The number of hydrogen-bond acceptors (Lipinski definition) is 5. The van der Waals surface area contributed by atoms with Crippen LogP contribution in [0.4, 0.5) is 5.69 Å². The Morgan fingerprint density at radius 3 is 2.10 bits per heavy atom. The molecular formula is C30H35Cl2N3O5S. The van der Waals surface area contributed by atoms with Crippen LogP contribution in [0.2, 0.25) is 10.0 Å². The molecule has 0 radical (unpaired) electrons. The standard InChI is InChI=1S/C30H35Cl2N3O5S/c1-5-21(3)33-30(37)28(6-2)34(19-22-12-17-26(31)27(32)18-22)29(36)20-35(41(4,38)39)23-13-15-25(16-14-23)40-24-10-8-7-9-11-24/h7-18,21,28H,5-6,19-20H2,1-4H3,(H,33,37). The van der Waals surface area contributed by atoms with Gasteiger partial charge in [-0.1, -0.05) is 61.3 Å². The van der Waals surface area contributed by atoms with E-state index in [2.05, 4.69) is 5.32 Å². The van der Waals surface area contributed by atoms with Gasteiger partial charge in [-0.3, -0.25) is 13.9 Å². The molecule has 0 spiro atoms. The molecule has 0 aromatic heterocycles. The summed E-state index contributed by atoms with van der Waals surface area (Å²) in [6, 6.07) is 19.6. The highest BCUT2D eigenvalue weighted by molar-refractivity contribution is 7.92. The summed E-state index contributed by atoms with van der Waals surface area (Å²) in [5, 5.41) is 3.61. The van der Waals surface area contributed by atoms with Crippen LogP contribution in [0, 0.1) is 0 Å². The second-order valence-corrected chi connectivity index (χ2v) is 12.4. The highest BCUT2D eigenvalue weighted by Crippen LogP contribution is 2.27. The topological polar surface area (TPSA) is 96.0 Å². The molecule has 3 aromatic rings. The number of benzene rings is 3. The number of nitrogens with one attached hydrogen (secondary N) is 1. The fourth-order valence-corrected chi connectivity index (χ4v) is 5.28. The maximum Gasteiger partial charge on any atom is 0.244 e. The fraction of sp³-hybridized carbons (Fsp3) is 0.333. The van der Waals surface area contributed by atoms with E-state index in [-0.39, 0.29) is 24.2 Å². The Bertz CT molecular complexity index is 1440. The average molecular weight is 621 g/mol. The second-order valence-electron chi connectivity index (χ2n) is 9.69. The van der Waals surface area contributed by atoms with Crippen molar-refractivity contribution in [2.75, 3.05) is 17.1 Å². The zero-order valence-corrected chi connectivity index (χ0v) is 25.8. The van der Waals surface area contributed by atoms with Crippen LogP contribution in [0.1, 0.15) is 39.2 Å². The van der Waals surface area contributed by atoms with Crippen molar-refractivity contribution in [3.63, 3.8) is 0 Å². The average Bonchev–Trinajstić information content (AvgIpc) is 2.93. The van der Waals surface area contributed by atoms with Crippen molar-refractivity contribution in [1.29, 1.82) is 0 Å². The minimum absolute atomic E-state index is 0.0314. The third kappa shape index (κ3) is 9.11. The molecule has 0 aliphatic rings. The van der Waals surface area contributed by atoms with Crippen LogP contribution < -0.4 is 14.4 Å². The number of halogens is 2. The molecular weight excluding hydrogens is 585 g/mol. The van der Waals surface area contributed by atoms with Crippen LogP contribution in [0.3, 0.4) is 0 Å². The normalized spacial score (nSPS) is 12.7. The molecule has 41 heavy (non-hydrogen) atoms. The van der Waals surface area contributed by atoms with E-state index in [4.69, 9.17) is 27.9 Å². The largest absolute Gasteiger partial charge is 0.457 e. The molecule has 0 fully saturated rings. The van der Waals surface area contributed by atoms with E-state index in [9.17, 15) is 18.0 Å². The number of para-hydroxylation sites is 1. The van der Waals surface area contributed by atoms with E-state index in [1.807, 2.05) is 32.0 Å². The lowest BCUT2D eigenvalue weighted by molar-refractivity contribution is -0.140. The summed E-state index contributed by atoms with van der Waals surface area (Å²) >= 11 is 12.3. The lowest BCUT2D eigenvalue weighted by Gasteiger charge is -2.33. The summed E-state index contributed by atoms with van der Waals surface area (Å²) in [6.07, 6.45) is 2.07. The maximum absolute atomic E-state index is 13.9. The van der Waals surface area contributed by atoms with Crippen LogP contribution in [-0.4, -0.2) is 50.0 Å². The van der Waals surface area contributed by atoms with Gasteiger partial charge in [-0.05, 0) is 73.9 Å². The van der Waals surface area contributed by atoms with E-state index in [1.54, 1.807) is 61.5 Å². The minimum atomic E-state index is -3.87. The highest BCUT2D eigenvalue weighted by Gasteiger charge is 2.32. The quantitative estimate of drug-likeness (QED) is 0.243. The van der Waals surface area contributed by atoms with Gasteiger partial charge in [0, 0.05) is 12.6 Å². The first kappa shape index (κ1) is 32.2. The number of amides is 2. The fourth-order valence-electron chi connectivity index (χ4n) is 4.11. The van der Waals surface area contributed by atoms with E-state index in [0.717, 1.165) is 17.0 Å². The molecule has 0 bridgehead atoms. The number of ether oxygens (including phenoxy) is 1. The van der Waals surface area contributed by atoms with Gasteiger partial charge in [0.1, 0.15) is 24.1 Å². The Balaban J connectivity index is 1.91. The second kappa shape index (κ2) is 14.6. The van der Waals surface area contributed by atoms with Gasteiger partial charge >= 0.3 is 0 Å². The number of anilines is 1. The Morgan fingerprint density at radius 2 is 1.54 bits per heavy atom. The van der Waals surface area contributed by atoms with Crippen LogP contribution >= 0.6 is 23.2 Å². The van der Waals surface area contributed by atoms with Crippen LogP contribution in [-0.2, 0) is 26.2 Å². The first-order valence-electron chi connectivity index (χ1n) is 13.3. The van der Waals surface area contributed by atoms with Crippen molar-refractivity contribution in [2.24, 2.45) is 0 Å². The smallest absolute Gasteiger partial charge is 0.244 e. The summed E-state index contributed by atoms with van der Waals surface area (Å²) in [5.41, 5.74) is 0.934. The molecule has 3 rings (SSSR count). The predicted molar refractivity (Wildman–Crippen MR) is 164 cm³/mol. The SMILES string of the molecule is CCC(C)NC(=O)C(CC)N(Cc1ccc(Cl)c(Cl)c1)C(=O)CN(c1ccc(Oc2ccccc2)cc1)S(C)(=O)=O. The molecule has 0 aliphatic heterocycles. The first-order chi connectivity index (χ1) is 19.4. The van der Waals surface area contributed by atoms with Crippen LogP contribution in [0.25, 0.3) is 0 Å². The molecule has 2 atom stereocenters. The molecule has 0 aliphatic carbocycles. The van der Waals surface area contributed by atoms with E-state index < -0.39 is 28.5 Å². The van der Waals surface area contributed by atoms with Crippen molar-refractivity contribution in [3.05, 3.63) is 88.4 Å². The molecule has 1 N–H and O–H groups in total. The number of nitrogens with zero attached hydrogens (tertiary/aromatic N) is 2. The Labute approximate surface area is 252 Å². The molecule has 2 unspecified atom stereocenters. The monoisotopic (exact) mass is 619 g/mol. The maximum atomic E-state index is 13.9.